The predicted octanol–water partition coefficient (Wildman–Crippen LogP) is 4.61. The minimum Gasteiger partial charge on any atom is -0.332 e. The summed E-state index contributed by atoms with van der Waals surface area (Å²) in [5.74, 6) is 0.0432. The van der Waals surface area contributed by atoms with Gasteiger partial charge in [0.2, 0.25) is 5.91 Å². The summed E-state index contributed by atoms with van der Waals surface area (Å²) in [5, 5.41) is 0. The summed E-state index contributed by atoms with van der Waals surface area (Å²) < 4.78 is 37.6. The first-order valence-corrected chi connectivity index (χ1v) is 8.32. The maximum Gasteiger partial charge on any atom is 0.406 e. The Morgan fingerprint density at radius 1 is 1.24 bits per heavy atom. The molecule has 1 aliphatic carbocycles. The van der Waals surface area contributed by atoms with Gasteiger partial charge in [-0.1, -0.05) is 26.2 Å². The molecule has 6 heteroatoms. The largest absolute Gasteiger partial charge is 0.406 e. The molecule has 0 aliphatic heterocycles. The zero-order valence-electron chi connectivity index (χ0n) is 12.6. The molecular formula is C15H25ClF3NO. The zero-order valence-corrected chi connectivity index (χ0v) is 13.3. The van der Waals surface area contributed by atoms with Crippen molar-refractivity contribution in [2.45, 2.75) is 58.0 Å². The van der Waals surface area contributed by atoms with E-state index in [1.807, 2.05) is 0 Å². The van der Waals surface area contributed by atoms with Crippen LogP contribution in [0.2, 0.25) is 0 Å². The van der Waals surface area contributed by atoms with Gasteiger partial charge in [0.1, 0.15) is 6.54 Å². The number of hydrogen-bond acceptors (Lipinski definition) is 1. The quantitative estimate of drug-likeness (QED) is 0.625. The standard InChI is InChI=1S/C15H25ClF3NO/c1-2-3-4-12-5-7-13(8-6-12)14(21)20(10-9-16)11-15(17,18)19/h12-13H,2-11H2,1H3. The summed E-state index contributed by atoms with van der Waals surface area (Å²) >= 11 is 5.53. The molecule has 0 saturated heterocycles. The summed E-state index contributed by atoms with van der Waals surface area (Å²) in [6, 6.07) is 0. The first-order valence-electron chi connectivity index (χ1n) is 7.78. The van der Waals surface area contributed by atoms with Crippen LogP contribution in [0, 0.1) is 11.8 Å². The molecule has 0 atom stereocenters. The van der Waals surface area contributed by atoms with E-state index in [9.17, 15) is 18.0 Å². The number of rotatable bonds is 7. The van der Waals surface area contributed by atoms with Crippen molar-refractivity contribution in [1.29, 1.82) is 0 Å². The average molecular weight is 328 g/mol. The second kappa shape index (κ2) is 8.86. The van der Waals surface area contributed by atoms with Crippen LogP contribution in [0.5, 0.6) is 0 Å². The van der Waals surface area contributed by atoms with Crippen molar-refractivity contribution in [3.8, 4) is 0 Å². The summed E-state index contributed by atoms with van der Waals surface area (Å²) in [7, 11) is 0. The molecule has 0 N–H and O–H groups in total. The Bertz CT molecular complexity index is 315. The van der Waals surface area contributed by atoms with Gasteiger partial charge >= 0.3 is 6.18 Å². The molecule has 0 heterocycles. The van der Waals surface area contributed by atoms with Gasteiger partial charge in [-0.2, -0.15) is 13.2 Å². The Balaban J connectivity index is 2.49. The predicted molar refractivity (Wildman–Crippen MR) is 78.3 cm³/mol. The summed E-state index contributed by atoms with van der Waals surface area (Å²) in [6.07, 6.45) is 2.50. The van der Waals surface area contributed by atoms with Crippen LogP contribution in [-0.4, -0.2) is 36.0 Å². The number of amides is 1. The summed E-state index contributed by atoms with van der Waals surface area (Å²) in [6.45, 7) is 0.931. The lowest BCUT2D eigenvalue weighted by Crippen LogP contribution is -2.44. The van der Waals surface area contributed by atoms with E-state index in [0.29, 0.717) is 18.8 Å². The Morgan fingerprint density at radius 3 is 2.33 bits per heavy atom. The number of nitrogens with zero attached hydrogens (tertiary/aromatic N) is 1. The number of carbonyl (C=O) groups is 1. The van der Waals surface area contributed by atoms with Gasteiger partial charge in [0.05, 0.1) is 0 Å². The highest BCUT2D eigenvalue weighted by Gasteiger charge is 2.36. The minimum absolute atomic E-state index is 0.0321. The molecule has 0 aromatic heterocycles. The normalized spacial score (nSPS) is 23.1. The van der Waals surface area contributed by atoms with E-state index in [4.69, 9.17) is 11.6 Å². The second-order valence-corrected chi connectivity index (χ2v) is 6.30. The fourth-order valence-corrected chi connectivity index (χ4v) is 3.24. The monoisotopic (exact) mass is 327 g/mol. The second-order valence-electron chi connectivity index (χ2n) is 5.92. The van der Waals surface area contributed by atoms with Gasteiger partial charge in [0.25, 0.3) is 0 Å². The highest BCUT2D eigenvalue weighted by molar-refractivity contribution is 6.18. The van der Waals surface area contributed by atoms with Crippen molar-refractivity contribution in [2.24, 2.45) is 11.8 Å². The third-order valence-corrected chi connectivity index (χ3v) is 4.37. The van der Waals surface area contributed by atoms with Crippen LogP contribution in [0.25, 0.3) is 0 Å². The van der Waals surface area contributed by atoms with Crippen molar-refractivity contribution in [3.05, 3.63) is 0 Å². The lowest BCUT2D eigenvalue weighted by atomic mass is 9.79. The van der Waals surface area contributed by atoms with Gasteiger partial charge in [0, 0.05) is 18.3 Å². The molecule has 21 heavy (non-hydrogen) atoms. The molecule has 0 aromatic carbocycles. The number of alkyl halides is 4. The molecule has 0 aromatic rings. The fourth-order valence-electron chi connectivity index (χ4n) is 3.03. The average Bonchev–Trinajstić information content (AvgIpc) is 2.43. The molecule has 0 radical (unpaired) electrons. The van der Waals surface area contributed by atoms with Gasteiger partial charge in [-0.3, -0.25) is 4.79 Å². The molecule has 1 amide bonds. The van der Waals surface area contributed by atoms with E-state index in [2.05, 4.69) is 6.92 Å². The van der Waals surface area contributed by atoms with E-state index in [-0.39, 0.29) is 24.2 Å². The molecule has 0 bridgehead atoms. The van der Waals surface area contributed by atoms with Crippen LogP contribution in [-0.2, 0) is 4.79 Å². The SMILES string of the molecule is CCCCC1CCC(C(=O)N(CCCl)CC(F)(F)F)CC1. The fraction of sp³-hybridized carbons (Fsp3) is 0.933. The molecule has 1 fully saturated rings. The topological polar surface area (TPSA) is 20.3 Å². The Hall–Kier alpha value is -0.450. The molecule has 124 valence electrons. The molecule has 1 rings (SSSR count). The van der Waals surface area contributed by atoms with Crippen LogP contribution in [0.3, 0.4) is 0 Å². The van der Waals surface area contributed by atoms with Gasteiger partial charge in [-0.15, -0.1) is 11.6 Å². The molecule has 0 unspecified atom stereocenters. The Morgan fingerprint density at radius 2 is 1.86 bits per heavy atom. The molecular weight excluding hydrogens is 303 g/mol. The van der Waals surface area contributed by atoms with E-state index in [0.717, 1.165) is 24.2 Å². The third kappa shape index (κ3) is 6.90. The van der Waals surface area contributed by atoms with Crippen molar-refractivity contribution < 1.29 is 18.0 Å². The van der Waals surface area contributed by atoms with Crippen molar-refractivity contribution in [3.63, 3.8) is 0 Å². The van der Waals surface area contributed by atoms with Gasteiger partial charge in [0.15, 0.2) is 0 Å². The van der Waals surface area contributed by atoms with Crippen LogP contribution in [0.15, 0.2) is 0 Å². The van der Waals surface area contributed by atoms with Gasteiger partial charge < -0.3 is 4.90 Å². The highest BCUT2D eigenvalue weighted by atomic mass is 35.5. The van der Waals surface area contributed by atoms with E-state index in [1.54, 1.807) is 0 Å². The first kappa shape index (κ1) is 18.6. The van der Waals surface area contributed by atoms with Crippen molar-refractivity contribution >= 4 is 17.5 Å². The lowest BCUT2D eigenvalue weighted by Gasteiger charge is -2.32. The Labute approximate surface area is 130 Å². The first-order chi connectivity index (χ1) is 9.87. The van der Waals surface area contributed by atoms with E-state index >= 15 is 0 Å². The molecule has 1 saturated carbocycles. The maximum absolute atomic E-state index is 12.5. The minimum atomic E-state index is -4.36. The number of hydrogen-bond donors (Lipinski definition) is 0. The van der Waals surface area contributed by atoms with Crippen LogP contribution < -0.4 is 0 Å². The van der Waals surface area contributed by atoms with E-state index in [1.165, 1.54) is 12.8 Å². The number of carbonyl (C=O) groups excluding carboxylic acids is 1. The van der Waals surface area contributed by atoms with Crippen LogP contribution >= 0.6 is 11.6 Å². The number of unbranched alkanes of at least 4 members (excludes halogenated alkanes) is 1. The van der Waals surface area contributed by atoms with Gasteiger partial charge in [-0.05, 0) is 31.6 Å². The van der Waals surface area contributed by atoms with Crippen molar-refractivity contribution in [1.82, 2.24) is 4.90 Å². The van der Waals surface area contributed by atoms with Crippen LogP contribution in [0.4, 0.5) is 13.2 Å². The highest BCUT2D eigenvalue weighted by Crippen LogP contribution is 2.33. The van der Waals surface area contributed by atoms with E-state index < -0.39 is 12.7 Å². The smallest absolute Gasteiger partial charge is 0.332 e. The van der Waals surface area contributed by atoms with Crippen LogP contribution in [0.1, 0.15) is 51.9 Å². The third-order valence-electron chi connectivity index (χ3n) is 4.20. The molecule has 2 nitrogen and oxygen atoms in total. The Kier molecular flexibility index (Phi) is 7.85. The van der Waals surface area contributed by atoms with Gasteiger partial charge in [-0.25, -0.2) is 0 Å². The van der Waals surface area contributed by atoms with Crippen molar-refractivity contribution in [2.75, 3.05) is 19.0 Å². The number of halogens is 4. The lowest BCUT2D eigenvalue weighted by molar-refractivity contribution is -0.164. The molecule has 1 aliphatic rings. The maximum atomic E-state index is 12.5. The summed E-state index contributed by atoms with van der Waals surface area (Å²) in [4.78, 5) is 13.1. The summed E-state index contributed by atoms with van der Waals surface area (Å²) in [5.41, 5.74) is 0. The molecule has 0 spiro atoms. The zero-order chi connectivity index (χ0) is 15.9.